The first-order chi connectivity index (χ1) is 9.60. The van der Waals surface area contributed by atoms with Crippen molar-refractivity contribution >= 4 is 34.6 Å². The first kappa shape index (κ1) is 12.6. The van der Waals surface area contributed by atoms with E-state index in [0.29, 0.717) is 10.0 Å². The molecule has 0 bridgehead atoms. The van der Waals surface area contributed by atoms with Crippen molar-refractivity contribution < 1.29 is 9.90 Å². The number of halogens is 1. The maximum absolute atomic E-state index is 11.3. The molecule has 0 aromatic carbocycles. The van der Waals surface area contributed by atoms with E-state index in [1.165, 1.54) is 23.6 Å². The fraction of sp³-hybridized carbons (Fsp3) is 0. The molecule has 0 aliphatic heterocycles. The summed E-state index contributed by atoms with van der Waals surface area (Å²) in [4.78, 5) is 16.3. The van der Waals surface area contributed by atoms with Crippen molar-refractivity contribution in [1.82, 2.24) is 14.6 Å². The molecule has 0 atom stereocenters. The molecule has 0 saturated heterocycles. The van der Waals surface area contributed by atoms with Gasteiger partial charge in [0.15, 0.2) is 11.3 Å². The number of aromatic carboxylic acids is 1. The van der Waals surface area contributed by atoms with E-state index in [1.54, 1.807) is 12.1 Å². The van der Waals surface area contributed by atoms with Crippen LogP contribution >= 0.6 is 22.9 Å². The zero-order valence-electron chi connectivity index (χ0n) is 9.74. The van der Waals surface area contributed by atoms with Crippen molar-refractivity contribution in [3.05, 3.63) is 40.0 Å². The van der Waals surface area contributed by atoms with Crippen molar-refractivity contribution in [2.75, 3.05) is 0 Å². The van der Waals surface area contributed by atoms with Gasteiger partial charge in [0.25, 0.3) is 0 Å². The Morgan fingerprint density at radius 2 is 2.30 bits per heavy atom. The minimum Gasteiger partial charge on any atom is -0.477 e. The molecule has 0 fully saturated rings. The summed E-state index contributed by atoms with van der Waals surface area (Å²) in [6.07, 6.45) is 1.29. The van der Waals surface area contributed by atoms with Crippen LogP contribution < -0.4 is 0 Å². The summed E-state index contributed by atoms with van der Waals surface area (Å²) in [5.74, 6) is -1.14. The van der Waals surface area contributed by atoms with E-state index in [1.807, 2.05) is 6.07 Å². The fourth-order valence-electron chi connectivity index (χ4n) is 1.77. The first-order valence-electron chi connectivity index (χ1n) is 5.38. The molecule has 3 heterocycles. The van der Waals surface area contributed by atoms with E-state index in [0.717, 1.165) is 9.39 Å². The van der Waals surface area contributed by atoms with Crippen LogP contribution in [0.2, 0.25) is 4.34 Å². The largest absolute Gasteiger partial charge is 0.477 e. The number of nitrogens with zero attached hydrogens (tertiary/aromatic N) is 4. The molecule has 0 saturated carbocycles. The average Bonchev–Trinajstić information content (AvgIpc) is 3.03. The molecule has 0 spiro atoms. The van der Waals surface area contributed by atoms with Gasteiger partial charge in [0, 0.05) is 0 Å². The topological polar surface area (TPSA) is 91.3 Å². The Bertz CT molecular complexity index is 877. The molecule has 3 aromatic heterocycles. The second kappa shape index (κ2) is 4.59. The van der Waals surface area contributed by atoms with Crippen LogP contribution in [0.3, 0.4) is 0 Å². The molecule has 0 aliphatic rings. The Balaban J connectivity index is 2.34. The highest BCUT2D eigenvalue weighted by molar-refractivity contribution is 7.19. The number of rotatable bonds is 2. The van der Waals surface area contributed by atoms with Crippen LogP contribution in [0.15, 0.2) is 24.4 Å². The lowest BCUT2D eigenvalue weighted by atomic mass is 10.2. The van der Waals surface area contributed by atoms with Gasteiger partial charge in [-0.2, -0.15) is 10.4 Å². The van der Waals surface area contributed by atoms with Crippen LogP contribution in [0, 0.1) is 11.3 Å². The molecule has 3 rings (SSSR count). The number of carboxylic acids is 1. The summed E-state index contributed by atoms with van der Waals surface area (Å²) in [6, 6.07) is 6.80. The number of aromatic nitrogens is 3. The predicted molar refractivity (Wildman–Crippen MR) is 73.0 cm³/mol. The van der Waals surface area contributed by atoms with E-state index in [9.17, 15) is 9.90 Å². The highest BCUT2D eigenvalue weighted by Gasteiger charge is 2.17. The molecule has 6 nitrogen and oxygen atoms in total. The third kappa shape index (κ3) is 1.91. The van der Waals surface area contributed by atoms with Crippen molar-refractivity contribution in [2.45, 2.75) is 0 Å². The Morgan fingerprint density at radius 1 is 1.50 bits per heavy atom. The van der Waals surface area contributed by atoms with Crippen LogP contribution in [-0.4, -0.2) is 25.7 Å². The van der Waals surface area contributed by atoms with E-state index in [2.05, 4.69) is 10.1 Å². The summed E-state index contributed by atoms with van der Waals surface area (Å²) in [5.41, 5.74) is 0.823. The highest BCUT2D eigenvalue weighted by Crippen LogP contribution is 2.30. The monoisotopic (exact) mass is 304 g/mol. The van der Waals surface area contributed by atoms with Gasteiger partial charge >= 0.3 is 5.97 Å². The third-order valence-electron chi connectivity index (χ3n) is 2.64. The molecule has 0 radical (unpaired) electrons. The van der Waals surface area contributed by atoms with Crippen molar-refractivity contribution in [3.8, 4) is 16.6 Å². The smallest absolute Gasteiger partial charge is 0.354 e. The lowest BCUT2D eigenvalue weighted by Crippen LogP contribution is -2.08. The molecule has 3 aromatic rings. The maximum Gasteiger partial charge on any atom is 0.354 e. The summed E-state index contributed by atoms with van der Waals surface area (Å²) in [5, 5.41) is 22.1. The molecule has 0 unspecified atom stereocenters. The number of carbonyl (C=O) groups is 1. The number of nitriles is 1. The summed E-state index contributed by atoms with van der Waals surface area (Å²) in [6.45, 7) is 0. The number of hydrogen-bond acceptors (Lipinski definition) is 5. The van der Waals surface area contributed by atoms with Gasteiger partial charge in [0.05, 0.1) is 21.1 Å². The molecule has 8 heteroatoms. The molecular weight excluding hydrogens is 300 g/mol. The third-order valence-corrected chi connectivity index (χ3v) is 3.89. The highest BCUT2D eigenvalue weighted by atomic mass is 35.5. The lowest BCUT2D eigenvalue weighted by Gasteiger charge is -2.03. The van der Waals surface area contributed by atoms with Crippen LogP contribution in [0.5, 0.6) is 0 Å². The Hall–Kier alpha value is -2.43. The standard InChI is InChI=1S/C12H5ClN4O2S/c13-10-2-1-9(20-10)7-3-8(12(18)19)17-11(16-7)6(4-14)5-15-17/h1-3,5H,(H,18,19). The van der Waals surface area contributed by atoms with E-state index < -0.39 is 5.97 Å². The molecule has 20 heavy (non-hydrogen) atoms. The molecular formula is C12H5ClN4O2S. The van der Waals surface area contributed by atoms with Crippen LogP contribution in [0.4, 0.5) is 0 Å². The van der Waals surface area contributed by atoms with Crippen LogP contribution in [0.1, 0.15) is 16.1 Å². The average molecular weight is 305 g/mol. The second-order valence-corrected chi connectivity index (χ2v) is 5.56. The zero-order chi connectivity index (χ0) is 14.3. The maximum atomic E-state index is 11.3. The van der Waals surface area contributed by atoms with Gasteiger partial charge in [-0.3, -0.25) is 0 Å². The summed E-state index contributed by atoms with van der Waals surface area (Å²) in [7, 11) is 0. The number of hydrogen-bond donors (Lipinski definition) is 1. The van der Waals surface area contributed by atoms with Crippen LogP contribution in [-0.2, 0) is 0 Å². The zero-order valence-corrected chi connectivity index (χ0v) is 11.3. The molecule has 98 valence electrons. The van der Waals surface area contributed by atoms with Gasteiger partial charge in [-0.1, -0.05) is 11.6 Å². The van der Waals surface area contributed by atoms with Gasteiger partial charge < -0.3 is 5.11 Å². The Morgan fingerprint density at radius 3 is 2.90 bits per heavy atom. The first-order valence-corrected chi connectivity index (χ1v) is 6.57. The normalized spacial score (nSPS) is 10.6. The van der Waals surface area contributed by atoms with Gasteiger partial charge in [-0.25, -0.2) is 14.3 Å². The minimum atomic E-state index is -1.14. The minimum absolute atomic E-state index is 0.0592. The predicted octanol–water partition coefficient (Wildman–Crippen LogP) is 2.68. The molecule has 0 amide bonds. The van der Waals surface area contributed by atoms with Gasteiger partial charge in [0.1, 0.15) is 11.6 Å². The number of fused-ring (bicyclic) bond motifs is 1. The van der Waals surface area contributed by atoms with Crippen LogP contribution in [0.25, 0.3) is 16.2 Å². The fourth-order valence-corrected chi connectivity index (χ4v) is 2.78. The van der Waals surface area contributed by atoms with E-state index in [-0.39, 0.29) is 16.9 Å². The SMILES string of the molecule is N#Cc1cnn2c(C(=O)O)cc(-c3ccc(Cl)s3)nc12. The van der Waals surface area contributed by atoms with Crippen molar-refractivity contribution in [2.24, 2.45) is 0 Å². The summed E-state index contributed by atoms with van der Waals surface area (Å²) < 4.78 is 1.71. The number of thiophene rings is 1. The Labute approximate surface area is 121 Å². The van der Waals surface area contributed by atoms with E-state index >= 15 is 0 Å². The lowest BCUT2D eigenvalue weighted by molar-refractivity contribution is 0.0687. The summed E-state index contributed by atoms with van der Waals surface area (Å²) >= 11 is 7.16. The quantitative estimate of drug-likeness (QED) is 0.786. The molecule has 1 N–H and O–H groups in total. The molecule has 0 aliphatic carbocycles. The second-order valence-electron chi connectivity index (χ2n) is 3.84. The van der Waals surface area contributed by atoms with Crippen molar-refractivity contribution in [3.63, 3.8) is 0 Å². The number of carboxylic acid groups (broad SMARTS) is 1. The van der Waals surface area contributed by atoms with Gasteiger partial charge in [-0.15, -0.1) is 11.3 Å². The Kier molecular flexibility index (Phi) is 2.89. The van der Waals surface area contributed by atoms with Crippen molar-refractivity contribution in [1.29, 1.82) is 5.26 Å². The van der Waals surface area contributed by atoms with Gasteiger partial charge in [0.2, 0.25) is 0 Å². The van der Waals surface area contributed by atoms with E-state index in [4.69, 9.17) is 16.9 Å². The van der Waals surface area contributed by atoms with Gasteiger partial charge in [-0.05, 0) is 18.2 Å².